The standard InChI is InChI=1S/C38H49N5O5/c1-5-48-34(35(44)28-24-32(45-2)36(47-4)33(25-28)46-3)26-43-31-15-10-9-14-30(31)40-37(43)42-20-11-19-41(22-23-42)21-17-38(16-18-39-27-38)29-12-7-6-8-13-29/h6-10,12-15,24-25,34,39H,5,11,16-23,26-27H2,1-4H3. The van der Waals surface area contributed by atoms with Crippen molar-refractivity contribution in [1.82, 2.24) is 19.8 Å². The Morgan fingerprint density at radius 1 is 0.938 bits per heavy atom. The number of aromatic nitrogens is 2. The van der Waals surface area contributed by atoms with Crippen LogP contribution >= 0.6 is 0 Å². The molecule has 0 amide bonds. The van der Waals surface area contributed by atoms with Crippen LogP contribution in [0.4, 0.5) is 5.95 Å². The quantitative estimate of drug-likeness (QED) is 0.185. The highest BCUT2D eigenvalue weighted by Gasteiger charge is 2.36. The lowest BCUT2D eigenvalue weighted by molar-refractivity contribution is 0.0397. The molecule has 2 aliphatic heterocycles. The molecule has 1 N–H and O–H groups in total. The number of imidazole rings is 1. The van der Waals surface area contributed by atoms with E-state index in [0.29, 0.717) is 36.0 Å². The molecule has 2 fully saturated rings. The van der Waals surface area contributed by atoms with Gasteiger partial charge in [-0.3, -0.25) is 4.79 Å². The number of methoxy groups -OCH3 is 3. The second-order valence-corrected chi connectivity index (χ2v) is 12.7. The minimum Gasteiger partial charge on any atom is -0.493 e. The van der Waals surface area contributed by atoms with E-state index < -0.39 is 6.10 Å². The number of hydrogen-bond acceptors (Lipinski definition) is 9. The minimum atomic E-state index is -0.744. The summed E-state index contributed by atoms with van der Waals surface area (Å²) in [6.45, 7) is 9.57. The molecule has 10 nitrogen and oxygen atoms in total. The molecule has 6 rings (SSSR count). The summed E-state index contributed by atoms with van der Waals surface area (Å²) in [4.78, 5) is 24.2. The van der Waals surface area contributed by atoms with Crippen LogP contribution in [0.25, 0.3) is 11.0 Å². The molecule has 0 radical (unpaired) electrons. The summed E-state index contributed by atoms with van der Waals surface area (Å²) in [6, 6.07) is 22.5. The monoisotopic (exact) mass is 655 g/mol. The van der Waals surface area contributed by atoms with Crippen molar-refractivity contribution >= 4 is 22.8 Å². The number of anilines is 1. The Hall–Kier alpha value is -4.12. The van der Waals surface area contributed by atoms with Crippen molar-refractivity contribution in [1.29, 1.82) is 0 Å². The molecule has 0 aliphatic carbocycles. The van der Waals surface area contributed by atoms with E-state index in [-0.39, 0.29) is 11.2 Å². The van der Waals surface area contributed by atoms with E-state index in [0.717, 1.165) is 75.6 Å². The first-order chi connectivity index (χ1) is 23.5. The van der Waals surface area contributed by atoms with Gasteiger partial charge < -0.3 is 38.6 Å². The van der Waals surface area contributed by atoms with Crippen molar-refractivity contribution in [2.75, 3.05) is 78.6 Å². The summed E-state index contributed by atoms with van der Waals surface area (Å²) < 4.78 is 24.9. The Kier molecular flexibility index (Phi) is 10.8. The van der Waals surface area contributed by atoms with Gasteiger partial charge in [-0.1, -0.05) is 42.5 Å². The highest BCUT2D eigenvalue weighted by atomic mass is 16.5. The van der Waals surface area contributed by atoms with Crippen molar-refractivity contribution in [3.63, 3.8) is 0 Å². The third kappa shape index (κ3) is 7.02. The van der Waals surface area contributed by atoms with E-state index in [1.165, 1.54) is 12.0 Å². The number of carbonyl (C=O) groups is 1. The second kappa shape index (κ2) is 15.4. The van der Waals surface area contributed by atoms with Gasteiger partial charge in [0.15, 0.2) is 17.3 Å². The van der Waals surface area contributed by atoms with Gasteiger partial charge in [0.05, 0.1) is 38.9 Å². The molecule has 2 atom stereocenters. The summed E-state index contributed by atoms with van der Waals surface area (Å²) in [5.74, 6) is 2.02. The van der Waals surface area contributed by atoms with Gasteiger partial charge >= 0.3 is 0 Å². The minimum absolute atomic E-state index is 0.157. The number of benzene rings is 3. The smallest absolute Gasteiger partial charge is 0.206 e. The van der Waals surface area contributed by atoms with Crippen molar-refractivity contribution in [2.24, 2.45) is 0 Å². The average Bonchev–Trinajstić information content (AvgIpc) is 3.68. The number of nitrogens with zero attached hydrogens (tertiary/aromatic N) is 4. The van der Waals surface area contributed by atoms with Crippen molar-refractivity contribution < 1.29 is 23.7 Å². The van der Waals surface area contributed by atoms with Gasteiger partial charge in [-0.25, -0.2) is 4.98 Å². The summed E-state index contributed by atoms with van der Waals surface area (Å²) in [5, 5.41) is 3.63. The van der Waals surface area contributed by atoms with E-state index in [9.17, 15) is 4.79 Å². The van der Waals surface area contributed by atoms with Gasteiger partial charge in [0, 0.05) is 43.8 Å². The van der Waals surface area contributed by atoms with E-state index in [2.05, 4.69) is 56.1 Å². The first-order valence-electron chi connectivity index (χ1n) is 17.1. The van der Waals surface area contributed by atoms with Crippen LogP contribution in [0, 0.1) is 0 Å². The number of para-hydroxylation sites is 2. The molecule has 1 aromatic heterocycles. The third-order valence-electron chi connectivity index (χ3n) is 10.0. The molecule has 4 aromatic rings. The van der Waals surface area contributed by atoms with Crippen molar-refractivity contribution in [3.05, 3.63) is 77.9 Å². The van der Waals surface area contributed by atoms with Crippen molar-refractivity contribution in [3.8, 4) is 17.2 Å². The van der Waals surface area contributed by atoms with Crippen LogP contribution in [0.1, 0.15) is 42.1 Å². The summed E-state index contributed by atoms with van der Waals surface area (Å²) in [6.07, 6.45) is 2.61. The molecule has 10 heteroatoms. The fourth-order valence-corrected chi connectivity index (χ4v) is 7.38. The van der Waals surface area contributed by atoms with E-state index in [1.54, 1.807) is 33.5 Å². The summed E-state index contributed by atoms with van der Waals surface area (Å²) in [7, 11) is 4.64. The Morgan fingerprint density at radius 3 is 2.38 bits per heavy atom. The fourth-order valence-electron chi connectivity index (χ4n) is 7.38. The van der Waals surface area contributed by atoms with Gasteiger partial charge in [-0.2, -0.15) is 0 Å². The lowest BCUT2D eigenvalue weighted by Crippen LogP contribution is -2.37. The zero-order valence-electron chi connectivity index (χ0n) is 28.7. The van der Waals surface area contributed by atoms with Crippen LogP contribution in [0.15, 0.2) is 66.7 Å². The van der Waals surface area contributed by atoms with Crippen LogP contribution in [-0.4, -0.2) is 100 Å². The second-order valence-electron chi connectivity index (χ2n) is 12.7. The molecule has 0 saturated carbocycles. The lowest BCUT2D eigenvalue weighted by Gasteiger charge is -2.32. The first-order valence-corrected chi connectivity index (χ1v) is 17.1. The number of hydrogen-bond donors (Lipinski definition) is 1. The molecule has 2 aliphatic rings. The van der Waals surface area contributed by atoms with E-state index >= 15 is 0 Å². The Morgan fingerprint density at radius 2 is 1.69 bits per heavy atom. The maximum atomic E-state index is 14.1. The van der Waals surface area contributed by atoms with Gasteiger partial charge in [-0.15, -0.1) is 0 Å². The topological polar surface area (TPSA) is 90.3 Å². The lowest BCUT2D eigenvalue weighted by atomic mass is 9.77. The number of fused-ring (bicyclic) bond motifs is 1. The van der Waals surface area contributed by atoms with Crippen LogP contribution in [0.5, 0.6) is 17.2 Å². The molecular formula is C38H49N5O5. The SMILES string of the molecule is CCOC(Cn1c(N2CCCN(CCC3(c4ccccc4)CCNC3)CC2)nc2ccccc21)C(=O)c1cc(OC)c(OC)c(OC)c1. The van der Waals surface area contributed by atoms with E-state index in [4.69, 9.17) is 23.9 Å². The summed E-state index contributed by atoms with van der Waals surface area (Å²) in [5.41, 5.74) is 3.97. The zero-order valence-corrected chi connectivity index (χ0v) is 28.7. The molecule has 256 valence electrons. The van der Waals surface area contributed by atoms with Crippen molar-refractivity contribution in [2.45, 2.75) is 44.2 Å². The van der Waals surface area contributed by atoms with Crippen LogP contribution in [-0.2, 0) is 16.7 Å². The number of Topliss-reactive ketones (excluding diaryl/α,β-unsaturated/α-hetero) is 1. The van der Waals surface area contributed by atoms with Gasteiger partial charge in [0.2, 0.25) is 11.7 Å². The molecule has 2 saturated heterocycles. The molecule has 0 spiro atoms. The third-order valence-corrected chi connectivity index (χ3v) is 10.0. The molecule has 0 bridgehead atoms. The number of carbonyl (C=O) groups excluding carboxylic acids is 1. The Balaban J connectivity index is 1.22. The van der Waals surface area contributed by atoms with Gasteiger partial charge in [0.1, 0.15) is 6.10 Å². The molecular weight excluding hydrogens is 606 g/mol. The number of ether oxygens (including phenoxy) is 4. The van der Waals surface area contributed by atoms with Crippen LogP contribution in [0.2, 0.25) is 0 Å². The van der Waals surface area contributed by atoms with E-state index in [1.807, 2.05) is 25.1 Å². The summed E-state index contributed by atoms with van der Waals surface area (Å²) >= 11 is 0. The number of ketones is 1. The van der Waals surface area contributed by atoms with Crippen LogP contribution in [0.3, 0.4) is 0 Å². The highest BCUT2D eigenvalue weighted by molar-refractivity contribution is 6.00. The largest absolute Gasteiger partial charge is 0.493 e. The molecule has 3 heterocycles. The first kappa shape index (κ1) is 33.8. The molecule has 2 unspecified atom stereocenters. The predicted molar refractivity (Wildman–Crippen MR) is 189 cm³/mol. The van der Waals surface area contributed by atoms with Gasteiger partial charge in [0.25, 0.3) is 0 Å². The Labute approximate surface area is 283 Å². The zero-order chi connectivity index (χ0) is 33.5. The number of nitrogens with one attached hydrogen (secondary N) is 1. The predicted octanol–water partition coefficient (Wildman–Crippen LogP) is 5.18. The fraction of sp³-hybridized carbons (Fsp3) is 0.474. The average molecular weight is 656 g/mol. The maximum Gasteiger partial charge on any atom is 0.206 e. The normalized spacial score (nSPS) is 19.3. The molecule has 48 heavy (non-hydrogen) atoms. The van der Waals surface area contributed by atoms with Crippen LogP contribution < -0.4 is 24.4 Å². The Bertz CT molecular complexity index is 1640. The van der Waals surface area contributed by atoms with Gasteiger partial charge in [-0.05, 0) is 75.6 Å². The number of rotatable bonds is 14. The highest BCUT2D eigenvalue weighted by Crippen LogP contribution is 2.39. The molecule has 3 aromatic carbocycles. The maximum absolute atomic E-state index is 14.1.